The van der Waals surface area contributed by atoms with Gasteiger partial charge in [-0.3, -0.25) is 0 Å². The number of aromatic nitrogens is 3. The highest BCUT2D eigenvalue weighted by Gasteiger charge is 2.41. The van der Waals surface area contributed by atoms with Crippen molar-refractivity contribution in [3.05, 3.63) is 101 Å². The zero-order valence-electron chi connectivity index (χ0n) is 18.5. The largest absolute Gasteiger partial charge is 0.497 e. The first-order valence-corrected chi connectivity index (χ1v) is 10.8. The molecular weight excluding hydrogens is 435 g/mol. The number of benzene rings is 3. The third-order valence-corrected chi connectivity index (χ3v) is 6.23. The average molecular weight is 456 g/mol. The van der Waals surface area contributed by atoms with Crippen molar-refractivity contribution in [2.24, 2.45) is 0 Å². The zero-order valence-corrected chi connectivity index (χ0v) is 18.5. The van der Waals surface area contributed by atoms with Gasteiger partial charge in [-0.1, -0.05) is 24.3 Å². The molecule has 0 aliphatic carbocycles. The minimum Gasteiger partial charge on any atom is -0.497 e. The van der Waals surface area contributed by atoms with Crippen LogP contribution in [-0.2, 0) is 0 Å². The molecule has 3 heterocycles. The monoisotopic (exact) mass is 456 g/mol. The Morgan fingerprint density at radius 1 is 0.912 bits per heavy atom. The Balaban J connectivity index is 1.61. The molecule has 2 aliphatic rings. The molecule has 34 heavy (non-hydrogen) atoms. The van der Waals surface area contributed by atoms with Crippen LogP contribution in [0.2, 0.25) is 0 Å². The number of ether oxygens (including phenoxy) is 3. The second-order valence-corrected chi connectivity index (χ2v) is 8.07. The fourth-order valence-electron chi connectivity index (χ4n) is 4.60. The lowest BCUT2D eigenvalue weighted by Crippen LogP contribution is -2.32. The van der Waals surface area contributed by atoms with Crippen molar-refractivity contribution in [2.45, 2.75) is 12.1 Å². The lowest BCUT2D eigenvalue weighted by atomic mass is 9.84. The Hall–Kier alpha value is -4.33. The van der Waals surface area contributed by atoms with Crippen molar-refractivity contribution in [1.29, 1.82) is 0 Å². The molecule has 4 aromatic rings. The summed E-state index contributed by atoms with van der Waals surface area (Å²) in [5.41, 5.74) is 4.50. The Kier molecular flexibility index (Phi) is 4.72. The number of nitrogens with one attached hydrogen (secondary N) is 1. The van der Waals surface area contributed by atoms with Crippen molar-refractivity contribution in [3.63, 3.8) is 0 Å². The van der Waals surface area contributed by atoms with Crippen LogP contribution >= 0.6 is 0 Å². The second kappa shape index (κ2) is 7.91. The van der Waals surface area contributed by atoms with Crippen LogP contribution < -0.4 is 19.5 Å². The average Bonchev–Trinajstić information content (AvgIpc) is 3.35. The first kappa shape index (κ1) is 20.3. The molecule has 0 spiro atoms. The van der Waals surface area contributed by atoms with Gasteiger partial charge in [0.2, 0.25) is 5.95 Å². The molecule has 8 heteroatoms. The lowest BCUT2D eigenvalue weighted by Gasteiger charge is -2.39. The molecule has 0 saturated carbocycles. The third-order valence-electron chi connectivity index (χ3n) is 6.23. The topological polar surface area (TPSA) is 70.4 Å². The van der Waals surface area contributed by atoms with E-state index in [1.165, 1.54) is 18.5 Å². The van der Waals surface area contributed by atoms with Crippen LogP contribution in [0.5, 0.6) is 17.2 Å². The van der Waals surface area contributed by atoms with Crippen LogP contribution in [0.1, 0.15) is 28.8 Å². The predicted octanol–water partition coefficient (Wildman–Crippen LogP) is 4.99. The highest BCUT2D eigenvalue weighted by Crippen LogP contribution is 2.51. The van der Waals surface area contributed by atoms with Crippen molar-refractivity contribution in [3.8, 4) is 17.2 Å². The number of rotatable bonds is 4. The maximum atomic E-state index is 13.8. The van der Waals surface area contributed by atoms with Crippen LogP contribution in [-0.4, -0.2) is 29.0 Å². The number of fused-ring (bicyclic) bond motifs is 3. The van der Waals surface area contributed by atoms with E-state index in [-0.39, 0.29) is 11.9 Å². The van der Waals surface area contributed by atoms with Crippen molar-refractivity contribution in [2.75, 3.05) is 19.5 Å². The minimum absolute atomic E-state index is 0.300. The lowest BCUT2D eigenvalue weighted by molar-refractivity contribution is 0.222. The number of nitrogens with zero attached hydrogens (tertiary/aromatic N) is 3. The quantitative estimate of drug-likeness (QED) is 0.466. The summed E-state index contributed by atoms with van der Waals surface area (Å²) in [4.78, 5) is 4.44. The standard InChI is InChI=1S/C26H21FN4O3/c1-32-18-9-5-15(6-10-18)24-22-23(30-26-28-14-29-31(24)26)20-13-19(33-2)11-12-21(20)34-25(22)16-3-7-17(27)8-4-16/h3-14,24-25H,1-2H3,(H,28,29,30)/t24-,25-/m0/s1. The second-order valence-electron chi connectivity index (χ2n) is 8.07. The first-order chi connectivity index (χ1) is 16.7. The molecule has 0 radical (unpaired) electrons. The van der Waals surface area contributed by atoms with E-state index in [4.69, 9.17) is 14.2 Å². The van der Waals surface area contributed by atoms with Crippen molar-refractivity contribution >= 4 is 11.6 Å². The normalized spacial score (nSPS) is 18.2. The van der Waals surface area contributed by atoms with Gasteiger partial charge < -0.3 is 19.5 Å². The molecule has 2 aliphatic heterocycles. The summed E-state index contributed by atoms with van der Waals surface area (Å²) in [5, 5.41) is 7.97. The van der Waals surface area contributed by atoms with Gasteiger partial charge in [0.1, 0.15) is 41.5 Å². The fraction of sp³-hybridized carbons (Fsp3) is 0.154. The number of halogens is 1. The molecule has 0 unspecified atom stereocenters. The molecule has 0 bridgehead atoms. The summed E-state index contributed by atoms with van der Waals surface area (Å²) >= 11 is 0. The summed E-state index contributed by atoms with van der Waals surface area (Å²) in [6.07, 6.45) is 1.05. The van der Waals surface area contributed by atoms with E-state index in [1.807, 2.05) is 47.1 Å². The molecule has 2 atom stereocenters. The molecule has 0 fully saturated rings. The number of anilines is 1. The molecular formula is C26H21FN4O3. The van der Waals surface area contributed by atoms with Gasteiger partial charge in [-0.2, -0.15) is 10.1 Å². The fourth-order valence-corrected chi connectivity index (χ4v) is 4.60. The van der Waals surface area contributed by atoms with Crippen LogP contribution in [0.4, 0.5) is 10.3 Å². The van der Waals surface area contributed by atoms with Gasteiger partial charge in [0, 0.05) is 11.1 Å². The molecule has 1 N–H and O–H groups in total. The highest BCUT2D eigenvalue weighted by molar-refractivity contribution is 5.85. The van der Waals surface area contributed by atoms with Gasteiger partial charge in [-0.15, -0.1) is 0 Å². The van der Waals surface area contributed by atoms with Gasteiger partial charge in [0.05, 0.1) is 19.9 Å². The van der Waals surface area contributed by atoms with Crippen LogP contribution in [0.25, 0.3) is 5.70 Å². The van der Waals surface area contributed by atoms with E-state index < -0.39 is 6.10 Å². The van der Waals surface area contributed by atoms with E-state index in [0.717, 1.165) is 33.7 Å². The molecule has 7 nitrogen and oxygen atoms in total. The molecule has 3 aromatic carbocycles. The van der Waals surface area contributed by atoms with Crippen molar-refractivity contribution < 1.29 is 18.6 Å². The maximum absolute atomic E-state index is 13.8. The van der Waals surface area contributed by atoms with Gasteiger partial charge in [-0.25, -0.2) is 9.07 Å². The minimum atomic E-state index is -0.478. The first-order valence-electron chi connectivity index (χ1n) is 10.8. The smallest absolute Gasteiger partial charge is 0.226 e. The zero-order chi connectivity index (χ0) is 23.2. The van der Waals surface area contributed by atoms with Gasteiger partial charge in [0.25, 0.3) is 0 Å². The van der Waals surface area contributed by atoms with Crippen LogP contribution in [0.15, 0.2) is 78.6 Å². The molecule has 0 saturated heterocycles. The number of methoxy groups -OCH3 is 2. The van der Waals surface area contributed by atoms with E-state index >= 15 is 0 Å². The van der Waals surface area contributed by atoms with Crippen LogP contribution in [0.3, 0.4) is 0 Å². The van der Waals surface area contributed by atoms with Crippen molar-refractivity contribution in [1.82, 2.24) is 14.8 Å². The summed E-state index contributed by atoms with van der Waals surface area (Å²) in [6, 6.07) is 19.6. The van der Waals surface area contributed by atoms with Gasteiger partial charge in [0.15, 0.2) is 0 Å². The molecule has 1 aromatic heterocycles. The van der Waals surface area contributed by atoms with E-state index in [2.05, 4.69) is 15.4 Å². The third kappa shape index (κ3) is 3.18. The Morgan fingerprint density at radius 3 is 2.35 bits per heavy atom. The van der Waals surface area contributed by atoms with Gasteiger partial charge >= 0.3 is 0 Å². The summed E-state index contributed by atoms with van der Waals surface area (Å²) in [7, 11) is 3.27. The van der Waals surface area contributed by atoms with E-state index in [9.17, 15) is 4.39 Å². The predicted molar refractivity (Wildman–Crippen MR) is 124 cm³/mol. The van der Waals surface area contributed by atoms with E-state index in [1.54, 1.807) is 26.4 Å². The van der Waals surface area contributed by atoms with Crippen LogP contribution in [0, 0.1) is 5.82 Å². The Bertz CT molecular complexity index is 1400. The number of hydrogen-bond donors (Lipinski definition) is 1. The molecule has 6 rings (SSSR count). The molecule has 170 valence electrons. The maximum Gasteiger partial charge on any atom is 0.226 e. The Labute approximate surface area is 195 Å². The summed E-state index contributed by atoms with van der Waals surface area (Å²) in [5.74, 6) is 2.49. The summed E-state index contributed by atoms with van der Waals surface area (Å²) in [6.45, 7) is 0. The molecule has 0 amide bonds. The number of hydrogen-bond acceptors (Lipinski definition) is 6. The summed E-state index contributed by atoms with van der Waals surface area (Å²) < 4.78 is 33.0. The highest BCUT2D eigenvalue weighted by atomic mass is 19.1. The Morgan fingerprint density at radius 2 is 1.62 bits per heavy atom. The van der Waals surface area contributed by atoms with Gasteiger partial charge in [-0.05, 0) is 53.6 Å². The SMILES string of the molecule is COc1ccc([C@H]2C3=C(Nc4ncnn42)c2cc(OC)ccc2O[C@H]3c2ccc(F)cc2)cc1. The van der Waals surface area contributed by atoms with E-state index in [0.29, 0.717) is 17.4 Å².